The Morgan fingerprint density at radius 1 is 1.28 bits per heavy atom. The Labute approximate surface area is 147 Å². The van der Waals surface area contributed by atoms with E-state index in [1.807, 2.05) is 37.3 Å². The molecular formula is C19H23N3O3. The molecule has 1 aromatic heterocycles. The zero-order valence-electron chi connectivity index (χ0n) is 14.3. The topological polar surface area (TPSA) is 74.7 Å². The fourth-order valence-corrected chi connectivity index (χ4v) is 3.07. The summed E-state index contributed by atoms with van der Waals surface area (Å²) in [6.07, 6.45) is 1.85. The number of nitrogens with zero attached hydrogens (tertiary/aromatic N) is 2. The van der Waals surface area contributed by atoms with Crippen LogP contribution in [-0.4, -0.2) is 46.8 Å². The lowest BCUT2D eigenvalue weighted by Gasteiger charge is -2.18. The van der Waals surface area contributed by atoms with Gasteiger partial charge in [-0.2, -0.15) is 0 Å². The first-order valence-corrected chi connectivity index (χ1v) is 8.53. The smallest absolute Gasteiger partial charge is 0.322 e. The summed E-state index contributed by atoms with van der Waals surface area (Å²) in [5.74, 6) is 0.437. The van der Waals surface area contributed by atoms with Gasteiger partial charge in [0, 0.05) is 25.2 Å². The van der Waals surface area contributed by atoms with Gasteiger partial charge >= 0.3 is 6.03 Å². The maximum Gasteiger partial charge on any atom is 0.322 e. The number of likely N-dealkylation sites (tertiary alicyclic amines) is 1. The van der Waals surface area contributed by atoms with E-state index in [0.29, 0.717) is 31.3 Å². The third kappa shape index (κ3) is 4.28. The van der Waals surface area contributed by atoms with Crippen molar-refractivity contribution in [1.29, 1.82) is 0 Å². The molecule has 2 heterocycles. The van der Waals surface area contributed by atoms with Crippen molar-refractivity contribution in [2.45, 2.75) is 19.4 Å². The minimum atomic E-state index is -0.522. The van der Waals surface area contributed by atoms with Crippen LogP contribution in [0.2, 0.25) is 0 Å². The summed E-state index contributed by atoms with van der Waals surface area (Å²) in [6.45, 7) is 3.19. The van der Waals surface area contributed by atoms with Crippen molar-refractivity contribution in [3.63, 3.8) is 0 Å². The molecule has 0 unspecified atom stereocenters. The molecule has 1 aliphatic rings. The lowest BCUT2D eigenvalue weighted by molar-refractivity contribution is 0.143. The Bertz CT molecular complexity index is 708. The summed E-state index contributed by atoms with van der Waals surface area (Å²) in [4.78, 5) is 18.3. The number of benzene rings is 1. The predicted octanol–water partition coefficient (Wildman–Crippen LogP) is 2.55. The minimum absolute atomic E-state index is 0.0356. The highest BCUT2D eigenvalue weighted by Gasteiger charge is 2.34. The molecule has 1 aliphatic heterocycles. The van der Waals surface area contributed by atoms with E-state index in [0.717, 1.165) is 6.42 Å². The van der Waals surface area contributed by atoms with Gasteiger partial charge in [0.2, 0.25) is 5.88 Å². The first-order valence-electron chi connectivity index (χ1n) is 8.53. The van der Waals surface area contributed by atoms with Gasteiger partial charge in [0.25, 0.3) is 0 Å². The molecule has 0 spiro atoms. The molecule has 2 aromatic rings. The maximum atomic E-state index is 12.5. The number of ether oxygens (including phenoxy) is 1. The fraction of sp³-hybridized carbons (Fsp3) is 0.368. The summed E-state index contributed by atoms with van der Waals surface area (Å²) >= 11 is 0. The van der Waals surface area contributed by atoms with Gasteiger partial charge in [0.1, 0.15) is 5.69 Å². The normalized spacial score (nSPS) is 19.7. The Morgan fingerprint density at radius 3 is 2.84 bits per heavy atom. The Kier molecular flexibility index (Phi) is 5.50. The molecule has 1 saturated heterocycles. The Hall–Kier alpha value is -2.60. The number of anilines is 1. The van der Waals surface area contributed by atoms with Gasteiger partial charge in [0.05, 0.1) is 12.7 Å². The van der Waals surface area contributed by atoms with E-state index in [1.54, 1.807) is 23.2 Å². The molecule has 0 radical (unpaired) electrons. The number of β-amino-alcohol motifs (C(OH)–C–C–N with tert-alkyl or cyclic N) is 1. The highest BCUT2D eigenvalue weighted by molar-refractivity contribution is 5.90. The average molecular weight is 341 g/mol. The van der Waals surface area contributed by atoms with E-state index >= 15 is 0 Å². The van der Waals surface area contributed by atoms with Crippen LogP contribution in [0.15, 0.2) is 48.7 Å². The van der Waals surface area contributed by atoms with Crippen molar-refractivity contribution in [2.24, 2.45) is 5.92 Å². The minimum Gasteiger partial charge on any atom is -0.476 e. The van der Waals surface area contributed by atoms with Crippen molar-refractivity contribution >= 4 is 11.7 Å². The molecule has 2 amide bonds. The first-order chi connectivity index (χ1) is 12.2. The first kappa shape index (κ1) is 17.2. The SMILES string of the molecule is CCOc1ncccc1NC(=O)N1C[C@@H](Cc2ccccc2)[C@H](O)C1. The number of aromatic nitrogens is 1. The monoisotopic (exact) mass is 341 g/mol. The second-order valence-electron chi connectivity index (χ2n) is 6.14. The number of hydrogen-bond acceptors (Lipinski definition) is 4. The molecule has 0 saturated carbocycles. The summed E-state index contributed by atoms with van der Waals surface area (Å²) in [6, 6.07) is 13.3. The standard InChI is InChI=1S/C19H23N3O3/c1-2-25-18-16(9-6-10-20-18)21-19(24)22-12-15(17(23)13-22)11-14-7-4-3-5-8-14/h3-10,15,17,23H,2,11-13H2,1H3,(H,21,24)/t15-,17-/m1/s1. The van der Waals surface area contributed by atoms with Crippen LogP contribution in [0, 0.1) is 5.92 Å². The number of pyridine rings is 1. The molecule has 132 valence electrons. The van der Waals surface area contributed by atoms with Gasteiger partial charge < -0.3 is 20.1 Å². The van der Waals surface area contributed by atoms with Gasteiger partial charge in [-0.15, -0.1) is 0 Å². The van der Waals surface area contributed by atoms with Crippen molar-refractivity contribution in [1.82, 2.24) is 9.88 Å². The van der Waals surface area contributed by atoms with Gasteiger partial charge in [-0.05, 0) is 31.0 Å². The molecule has 1 aromatic carbocycles. The van der Waals surface area contributed by atoms with Gasteiger partial charge in [0.15, 0.2) is 0 Å². The van der Waals surface area contributed by atoms with E-state index in [2.05, 4.69) is 10.3 Å². The van der Waals surface area contributed by atoms with Crippen LogP contribution in [-0.2, 0) is 6.42 Å². The lowest BCUT2D eigenvalue weighted by Crippen LogP contribution is -2.34. The second kappa shape index (κ2) is 7.98. The van der Waals surface area contributed by atoms with Crippen LogP contribution in [0.25, 0.3) is 0 Å². The average Bonchev–Trinajstić information content (AvgIpc) is 2.99. The van der Waals surface area contributed by atoms with E-state index in [9.17, 15) is 9.90 Å². The van der Waals surface area contributed by atoms with E-state index < -0.39 is 6.10 Å². The fourth-order valence-electron chi connectivity index (χ4n) is 3.07. The largest absolute Gasteiger partial charge is 0.476 e. The molecule has 6 heteroatoms. The summed E-state index contributed by atoms with van der Waals surface area (Å²) in [7, 11) is 0. The molecular weight excluding hydrogens is 318 g/mol. The number of hydrogen-bond donors (Lipinski definition) is 2. The second-order valence-corrected chi connectivity index (χ2v) is 6.14. The van der Waals surface area contributed by atoms with Gasteiger partial charge in [-0.25, -0.2) is 9.78 Å². The van der Waals surface area contributed by atoms with Crippen LogP contribution in [0.5, 0.6) is 5.88 Å². The van der Waals surface area contributed by atoms with Crippen molar-refractivity contribution in [3.05, 3.63) is 54.2 Å². The summed E-state index contributed by atoms with van der Waals surface area (Å²) in [5, 5.41) is 13.1. The van der Waals surface area contributed by atoms with Crippen LogP contribution in [0.3, 0.4) is 0 Å². The summed E-state index contributed by atoms with van der Waals surface area (Å²) in [5.41, 5.74) is 1.70. The van der Waals surface area contributed by atoms with Crippen LogP contribution >= 0.6 is 0 Å². The van der Waals surface area contributed by atoms with Crippen LogP contribution in [0.4, 0.5) is 10.5 Å². The quantitative estimate of drug-likeness (QED) is 0.876. The molecule has 2 N–H and O–H groups in total. The van der Waals surface area contributed by atoms with Crippen molar-refractivity contribution in [2.75, 3.05) is 25.0 Å². The van der Waals surface area contributed by atoms with Crippen molar-refractivity contribution in [3.8, 4) is 5.88 Å². The van der Waals surface area contributed by atoms with Crippen molar-refractivity contribution < 1.29 is 14.6 Å². The number of carbonyl (C=O) groups excluding carboxylic acids is 1. The Balaban J connectivity index is 1.62. The highest BCUT2D eigenvalue weighted by Crippen LogP contribution is 2.24. The number of nitrogens with one attached hydrogen (secondary N) is 1. The van der Waals surface area contributed by atoms with Crippen LogP contribution < -0.4 is 10.1 Å². The molecule has 1 fully saturated rings. The predicted molar refractivity (Wildman–Crippen MR) is 95.6 cm³/mol. The number of carbonyl (C=O) groups is 1. The molecule has 2 atom stereocenters. The Morgan fingerprint density at radius 2 is 2.08 bits per heavy atom. The molecule has 0 aliphatic carbocycles. The number of aliphatic hydroxyl groups is 1. The molecule has 3 rings (SSSR count). The van der Waals surface area contributed by atoms with Gasteiger partial charge in [-0.3, -0.25) is 0 Å². The number of urea groups is 1. The van der Waals surface area contributed by atoms with E-state index in [4.69, 9.17) is 4.74 Å². The van der Waals surface area contributed by atoms with Gasteiger partial charge in [-0.1, -0.05) is 30.3 Å². The third-order valence-corrected chi connectivity index (χ3v) is 4.33. The summed E-state index contributed by atoms with van der Waals surface area (Å²) < 4.78 is 5.43. The number of rotatable bonds is 5. The highest BCUT2D eigenvalue weighted by atomic mass is 16.5. The lowest BCUT2D eigenvalue weighted by atomic mass is 9.97. The zero-order valence-corrected chi connectivity index (χ0v) is 14.3. The molecule has 0 bridgehead atoms. The molecule has 25 heavy (non-hydrogen) atoms. The van der Waals surface area contributed by atoms with Crippen LogP contribution in [0.1, 0.15) is 12.5 Å². The van der Waals surface area contributed by atoms with E-state index in [1.165, 1.54) is 5.56 Å². The van der Waals surface area contributed by atoms with E-state index in [-0.39, 0.29) is 11.9 Å². The number of amides is 2. The number of aliphatic hydroxyl groups excluding tert-OH is 1. The zero-order chi connectivity index (χ0) is 17.6. The maximum absolute atomic E-state index is 12.5. The molecule has 6 nitrogen and oxygen atoms in total. The third-order valence-electron chi connectivity index (χ3n) is 4.33.